The number of carbonyl (C=O) groups is 1. The van der Waals surface area contributed by atoms with Crippen LogP contribution in [0.3, 0.4) is 0 Å². The fraction of sp³-hybridized carbons (Fsp3) is 0.273. The van der Waals surface area contributed by atoms with Crippen molar-refractivity contribution in [2.24, 2.45) is 5.92 Å². The second-order valence-electron chi connectivity index (χ2n) is 7.34. The molecule has 0 bridgehead atoms. The maximum atomic E-state index is 13.3. The van der Waals surface area contributed by atoms with Crippen LogP contribution in [0.5, 0.6) is 5.75 Å². The molecule has 0 radical (unpaired) electrons. The molecule has 1 N–H and O–H groups in total. The van der Waals surface area contributed by atoms with Gasteiger partial charge in [-0.3, -0.25) is 9.78 Å². The van der Waals surface area contributed by atoms with E-state index in [-0.39, 0.29) is 29.8 Å². The van der Waals surface area contributed by atoms with E-state index in [9.17, 15) is 17.6 Å². The molecule has 31 heavy (non-hydrogen) atoms. The average Bonchev–Trinajstić information content (AvgIpc) is 2.78. The summed E-state index contributed by atoms with van der Waals surface area (Å²) in [6, 6.07) is 12.2. The SMILES string of the molecule is COc1ccc(S(=O)(=O)N2CCC(C(=O)Nc3cccc(F)c3)CC2)c2cccnc12. The molecule has 9 heteroatoms. The van der Waals surface area contributed by atoms with Gasteiger partial charge in [-0.2, -0.15) is 4.31 Å². The van der Waals surface area contributed by atoms with Gasteiger partial charge in [-0.15, -0.1) is 0 Å². The second-order valence-corrected chi connectivity index (χ2v) is 9.25. The fourth-order valence-corrected chi connectivity index (χ4v) is 5.47. The van der Waals surface area contributed by atoms with Crippen LogP contribution in [0.1, 0.15) is 12.8 Å². The highest BCUT2D eigenvalue weighted by atomic mass is 32.2. The maximum Gasteiger partial charge on any atom is 0.243 e. The van der Waals surface area contributed by atoms with Gasteiger partial charge in [-0.05, 0) is 55.3 Å². The summed E-state index contributed by atoms with van der Waals surface area (Å²) < 4.78 is 46.7. The van der Waals surface area contributed by atoms with Gasteiger partial charge < -0.3 is 10.1 Å². The predicted molar refractivity (Wildman–Crippen MR) is 115 cm³/mol. The largest absolute Gasteiger partial charge is 0.494 e. The smallest absolute Gasteiger partial charge is 0.243 e. The summed E-state index contributed by atoms with van der Waals surface area (Å²) in [5, 5.41) is 3.20. The van der Waals surface area contributed by atoms with Crippen LogP contribution in [0.25, 0.3) is 10.9 Å². The normalized spacial score (nSPS) is 15.7. The molecule has 162 valence electrons. The monoisotopic (exact) mass is 443 g/mol. The lowest BCUT2D eigenvalue weighted by molar-refractivity contribution is -0.120. The van der Waals surface area contributed by atoms with Crippen LogP contribution in [0.2, 0.25) is 0 Å². The Morgan fingerprint density at radius 2 is 1.94 bits per heavy atom. The zero-order valence-corrected chi connectivity index (χ0v) is 17.7. The van der Waals surface area contributed by atoms with Crippen LogP contribution in [0.15, 0.2) is 59.6 Å². The molecule has 0 spiro atoms. The number of ether oxygens (including phenoxy) is 1. The zero-order chi connectivity index (χ0) is 22.0. The first-order chi connectivity index (χ1) is 14.9. The van der Waals surface area contributed by atoms with E-state index in [0.29, 0.717) is 35.2 Å². The molecule has 1 saturated heterocycles. The van der Waals surface area contributed by atoms with E-state index in [1.165, 1.54) is 35.7 Å². The summed E-state index contributed by atoms with van der Waals surface area (Å²) in [5.74, 6) is -0.507. The van der Waals surface area contributed by atoms with Crippen molar-refractivity contribution in [2.45, 2.75) is 17.7 Å². The van der Waals surface area contributed by atoms with Gasteiger partial charge in [0.1, 0.15) is 17.1 Å². The minimum Gasteiger partial charge on any atom is -0.494 e. The Hall–Kier alpha value is -3.04. The number of pyridine rings is 1. The number of methoxy groups -OCH3 is 1. The summed E-state index contributed by atoms with van der Waals surface area (Å²) in [5.41, 5.74) is 0.868. The van der Waals surface area contributed by atoms with Gasteiger partial charge >= 0.3 is 0 Å². The van der Waals surface area contributed by atoms with E-state index in [1.54, 1.807) is 30.5 Å². The van der Waals surface area contributed by atoms with Crippen molar-refractivity contribution in [3.63, 3.8) is 0 Å². The molecule has 0 unspecified atom stereocenters. The van der Waals surface area contributed by atoms with Gasteiger partial charge in [0.15, 0.2) is 0 Å². The van der Waals surface area contributed by atoms with Gasteiger partial charge in [-0.25, -0.2) is 12.8 Å². The Bertz CT molecular complexity index is 1220. The standard InChI is InChI=1S/C22H22FN3O4S/c1-30-19-7-8-20(18-6-3-11-24-21(18)19)31(28,29)26-12-9-15(10-13-26)22(27)25-17-5-2-4-16(23)14-17/h2-8,11,14-15H,9-10,12-13H2,1H3,(H,25,27). The van der Waals surface area contributed by atoms with Crippen molar-refractivity contribution in [1.82, 2.24) is 9.29 Å². The highest BCUT2D eigenvalue weighted by Crippen LogP contribution is 2.32. The molecule has 0 atom stereocenters. The van der Waals surface area contributed by atoms with Crippen molar-refractivity contribution >= 4 is 32.5 Å². The molecule has 1 amide bonds. The van der Waals surface area contributed by atoms with Gasteiger partial charge in [0.2, 0.25) is 15.9 Å². The molecule has 0 saturated carbocycles. The van der Waals surface area contributed by atoms with Gasteiger partial charge in [-0.1, -0.05) is 6.07 Å². The van der Waals surface area contributed by atoms with Crippen molar-refractivity contribution in [3.8, 4) is 5.75 Å². The molecule has 4 rings (SSSR count). The van der Waals surface area contributed by atoms with Crippen LogP contribution in [-0.4, -0.2) is 43.8 Å². The molecule has 1 aliphatic heterocycles. The van der Waals surface area contributed by atoms with Gasteiger partial charge in [0, 0.05) is 36.3 Å². The molecule has 0 aliphatic carbocycles. The van der Waals surface area contributed by atoms with E-state index in [2.05, 4.69) is 10.3 Å². The number of nitrogens with one attached hydrogen (secondary N) is 1. The molecule has 1 aliphatic rings. The molecule has 1 aromatic heterocycles. The third-order valence-corrected chi connectivity index (χ3v) is 7.40. The Kier molecular flexibility index (Phi) is 5.88. The number of carbonyl (C=O) groups excluding carboxylic acids is 1. The molecule has 2 heterocycles. The number of sulfonamides is 1. The van der Waals surface area contributed by atoms with E-state index in [4.69, 9.17) is 4.74 Å². The Morgan fingerprint density at radius 3 is 2.65 bits per heavy atom. The van der Waals surface area contributed by atoms with E-state index in [0.717, 1.165) is 0 Å². The number of hydrogen-bond donors (Lipinski definition) is 1. The number of halogens is 1. The van der Waals surface area contributed by atoms with Crippen molar-refractivity contribution in [3.05, 3.63) is 60.5 Å². The number of benzene rings is 2. The Morgan fingerprint density at radius 1 is 1.16 bits per heavy atom. The third-order valence-electron chi connectivity index (χ3n) is 5.45. The second kappa shape index (κ2) is 8.60. The molecule has 7 nitrogen and oxygen atoms in total. The van der Waals surface area contributed by atoms with Crippen LogP contribution >= 0.6 is 0 Å². The zero-order valence-electron chi connectivity index (χ0n) is 16.9. The summed E-state index contributed by atoms with van der Waals surface area (Å²) in [6.45, 7) is 0.439. The topological polar surface area (TPSA) is 88.6 Å². The first-order valence-electron chi connectivity index (χ1n) is 9.88. The van der Waals surface area contributed by atoms with Crippen molar-refractivity contribution in [1.29, 1.82) is 0 Å². The van der Waals surface area contributed by atoms with E-state index < -0.39 is 15.8 Å². The molecule has 1 fully saturated rings. The lowest BCUT2D eigenvalue weighted by Gasteiger charge is -2.30. The van der Waals surface area contributed by atoms with Crippen LogP contribution < -0.4 is 10.1 Å². The minimum atomic E-state index is -3.77. The third kappa shape index (κ3) is 4.24. The average molecular weight is 444 g/mol. The first kappa shape index (κ1) is 21.2. The Balaban J connectivity index is 1.50. The maximum absolute atomic E-state index is 13.3. The van der Waals surface area contributed by atoms with Crippen LogP contribution in [0, 0.1) is 11.7 Å². The van der Waals surface area contributed by atoms with Crippen LogP contribution in [0.4, 0.5) is 10.1 Å². The summed E-state index contributed by atoms with van der Waals surface area (Å²) in [4.78, 5) is 17.0. The first-order valence-corrected chi connectivity index (χ1v) is 11.3. The highest BCUT2D eigenvalue weighted by molar-refractivity contribution is 7.89. The number of fused-ring (bicyclic) bond motifs is 1. The van der Waals surface area contributed by atoms with E-state index in [1.807, 2.05) is 0 Å². The number of anilines is 1. The molecular weight excluding hydrogens is 421 g/mol. The number of nitrogens with zero attached hydrogens (tertiary/aromatic N) is 2. The predicted octanol–water partition coefficient (Wildman–Crippen LogP) is 3.42. The Labute approximate surface area is 179 Å². The van der Waals surface area contributed by atoms with Crippen molar-refractivity contribution < 1.29 is 22.3 Å². The molecule has 2 aromatic carbocycles. The van der Waals surface area contributed by atoms with Crippen LogP contribution in [-0.2, 0) is 14.8 Å². The van der Waals surface area contributed by atoms with Gasteiger partial charge in [0.25, 0.3) is 0 Å². The quantitative estimate of drug-likeness (QED) is 0.653. The summed E-state index contributed by atoms with van der Waals surface area (Å²) in [6.07, 6.45) is 2.35. The number of hydrogen-bond acceptors (Lipinski definition) is 5. The van der Waals surface area contributed by atoms with Crippen molar-refractivity contribution in [2.75, 3.05) is 25.5 Å². The van der Waals surface area contributed by atoms with Gasteiger partial charge in [0.05, 0.1) is 12.0 Å². The molecular formula is C22H22FN3O4S. The highest BCUT2D eigenvalue weighted by Gasteiger charge is 2.33. The molecule has 3 aromatic rings. The lowest BCUT2D eigenvalue weighted by atomic mass is 9.97. The number of amides is 1. The van der Waals surface area contributed by atoms with E-state index >= 15 is 0 Å². The number of rotatable bonds is 5. The lowest BCUT2D eigenvalue weighted by Crippen LogP contribution is -2.41. The fourth-order valence-electron chi connectivity index (χ4n) is 3.82. The number of aromatic nitrogens is 1. The number of piperidine rings is 1. The summed E-state index contributed by atoms with van der Waals surface area (Å²) >= 11 is 0. The minimum absolute atomic E-state index is 0.166. The summed E-state index contributed by atoms with van der Waals surface area (Å²) in [7, 11) is -2.26.